The zero-order valence-corrected chi connectivity index (χ0v) is 23.9. The summed E-state index contributed by atoms with van der Waals surface area (Å²) in [5.74, 6) is -1.98. The molecule has 3 aromatic carbocycles. The molecule has 8 nitrogen and oxygen atoms in total. The molecule has 1 saturated heterocycles. The first-order valence-corrected chi connectivity index (χ1v) is 14.4. The number of carbonyl (C=O) groups is 2. The number of hydrogen-bond donors (Lipinski definition) is 2. The van der Waals surface area contributed by atoms with Gasteiger partial charge in [-0.3, -0.25) is 4.79 Å². The Balaban J connectivity index is 1.52. The van der Waals surface area contributed by atoms with Crippen LogP contribution in [0.4, 0.5) is 24.5 Å². The predicted octanol–water partition coefficient (Wildman–Crippen LogP) is 5.69. The molecule has 0 aromatic heterocycles. The Kier molecular flexibility index (Phi) is 8.40. The number of carboxylic acids is 1. The predicted molar refractivity (Wildman–Crippen MR) is 146 cm³/mol. The normalized spacial score (nSPS) is 14.7. The molecule has 4 rings (SSSR count). The van der Waals surface area contributed by atoms with Crippen molar-refractivity contribution in [2.75, 3.05) is 36.4 Å². The number of alkyl halides is 3. The van der Waals surface area contributed by atoms with Crippen LogP contribution >= 0.6 is 31.9 Å². The van der Waals surface area contributed by atoms with Gasteiger partial charge in [0, 0.05) is 40.8 Å². The third kappa shape index (κ3) is 6.45. The Morgan fingerprint density at radius 2 is 1.59 bits per heavy atom. The number of carbonyl (C=O) groups excluding carboxylic acids is 1. The molecule has 1 aliphatic rings. The van der Waals surface area contributed by atoms with Crippen LogP contribution in [0.2, 0.25) is 0 Å². The lowest BCUT2D eigenvalue weighted by atomic mass is 10.1. The number of anilines is 2. The fraction of sp³-hybridized carbons (Fsp3) is 0.200. The SMILES string of the molecule is O=C(Nc1ccc(Br)cc1C(=O)O)c1cc(S(=O)(=O)N2CCN(c3cccc(C(F)(F)F)c3)CC2)ccc1Br. The molecule has 0 saturated carbocycles. The second kappa shape index (κ2) is 11.3. The minimum atomic E-state index is -4.49. The second-order valence-electron chi connectivity index (χ2n) is 8.53. The highest BCUT2D eigenvalue weighted by molar-refractivity contribution is 9.10. The van der Waals surface area contributed by atoms with Gasteiger partial charge in [0.25, 0.3) is 5.91 Å². The third-order valence-electron chi connectivity index (χ3n) is 6.06. The van der Waals surface area contributed by atoms with Crippen LogP contribution in [-0.2, 0) is 16.2 Å². The number of aromatic carboxylic acids is 1. The van der Waals surface area contributed by atoms with Crippen molar-refractivity contribution in [3.63, 3.8) is 0 Å². The minimum Gasteiger partial charge on any atom is -0.478 e. The number of piperazine rings is 1. The summed E-state index contributed by atoms with van der Waals surface area (Å²) in [6.07, 6.45) is -4.49. The summed E-state index contributed by atoms with van der Waals surface area (Å²) in [5, 5.41) is 12.0. The van der Waals surface area contributed by atoms with Crippen LogP contribution in [0.15, 0.2) is 74.5 Å². The largest absolute Gasteiger partial charge is 0.478 e. The zero-order chi connectivity index (χ0) is 28.5. The van der Waals surface area contributed by atoms with E-state index < -0.39 is 33.6 Å². The maximum atomic E-state index is 13.4. The average Bonchev–Trinajstić information content (AvgIpc) is 2.89. The molecule has 1 aliphatic heterocycles. The van der Waals surface area contributed by atoms with Gasteiger partial charge in [0.2, 0.25) is 10.0 Å². The van der Waals surface area contributed by atoms with Crippen molar-refractivity contribution in [2.45, 2.75) is 11.1 Å². The highest BCUT2D eigenvalue weighted by Gasteiger charge is 2.33. The van der Waals surface area contributed by atoms with Gasteiger partial charge in [0.15, 0.2) is 0 Å². The smallest absolute Gasteiger partial charge is 0.416 e. The van der Waals surface area contributed by atoms with Gasteiger partial charge in [-0.2, -0.15) is 17.5 Å². The Bertz CT molecular complexity index is 1540. The van der Waals surface area contributed by atoms with E-state index in [4.69, 9.17) is 0 Å². The van der Waals surface area contributed by atoms with Crippen molar-refractivity contribution in [3.05, 3.63) is 86.3 Å². The van der Waals surface area contributed by atoms with Crippen LogP contribution < -0.4 is 10.2 Å². The number of carboxylic acid groups (broad SMARTS) is 1. The molecule has 0 aliphatic carbocycles. The highest BCUT2D eigenvalue weighted by atomic mass is 79.9. The van der Waals surface area contributed by atoms with Crippen LogP contribution in [0.3, 0.4) is 0 Å². The molecule has 3 aromatic rings. The van der Waals surface area contributed by atoms with Crippen LogP contribution in [0.5, 0.6) is 0 Å². The number of halogens is 5. The lowest BCUT2D eigenvalue weighted by Gasteiger charge is -2.35. The minimum absolute atomic E-state index is 0.0248. The molecular weight excluding hydrogens is 671 g/mol. The van der Waals surface area contributed by atoms with E-state index in [1.807, 2.05) is 0 Å². The van der Waals surface area contributed by atoms with Crippen molar-refractivity contribution in [1.29, 1.82) is 0 Å². The highest BCUT2D eigenvalue weighted by Crippen LogP contribution is 2.32. The number of nitrogens with zero attached hydrogens (tertiary/aromatic N) is 2. The van der Waals surface area contributed by atoms with Crippen LogP contribution in [0, 0.1) is 0 Å². The lowest BCUT2D eigenvalue weighted by Crippen LogP contribution is -2.48. The summed E-state index contributed by atoms with van der Waals surface area (Å²) < 4.78 is 68.0. The number of rotatable bonds is 6. The summed E-state index contributed by atoms with van der Waals surface area (Å²) in [7, 11) is -4.05. The fourth-order valence-electron chi connectivity index (χ4n) is 4.05. The van der Waals surface area contributed by atoms with Gasteiger partial charge in [0.05, 0.1) is 27.3 Å². The molecule has 206 valence electrons. The number of benzene rings is 3. The van der Waals surface area contributed by atoms with E-state index in [1.54, 1.807) is 17.0 Å². The molecule has 14 heteroatoms. The maximum absolute atomic E-state index is 13.4. The lowest BCUT2D eigenvalue weighted by molar-refractivity contribution is -0.137. The maximum Gasteiger partial charge on any atom is 0.416 e. The molecule has 0 atom stereocenters. The van der Waals surface area contributed by atoms with Gasteiger partial charge >= 0.3 is 12.1 Å². The van der Waals surface area contributed by atoms with Crippen LogP contribution in [-0.4, -0.2) is 55.9 Å². The van der Waals surface area contributed by atoms with Crippen molar-refractivity contribution in [2.24, 2.45) is 0 Å². The average molecular weight is 691 g/mol. The molecule has 1 fully saturated rings. The Morgan fingerprint density at radius 3 is 2.23 bits per heavy atom. The Hall–Kier alpha value is -2.94. The van der Waals surface area contributed by atoms with Crippen molar-refractivity contribution in [1.82, 2.24) is 4.31 Å². The molecule has 39 heavy (non-hydrogen) atoms. The summed E-state index contributed by atoms with van der Waals surface area (Å²) >= 11 is 6.42. The summed E-state index contributed by atoms with van der Waals surface area (Å²) in [6, 6.07) is 13.1. The van der Waals surface area contributed by atoms with Crippen LogP contribution in [0.1, 0.15) is 26.3 Å². The summed E-state index contributed by atoms with van der Waals surface area (Å²) in [6.45, 7) is 0.395. The van der Waals surface area contributed by atoms with E-state index >= 15 is 0 Å². The van der Waals surface area contributed by atoms with E-state index in [0.29, 0.717) is 14.6 Å². The second-order valence-corrected chi connectivity index (χ2v) is 12.2. The molecule has 0 bridgehead atoms. The first kappa shape index (κ1) is 29.1. The fourth-order valence-corrected chi connectivity index (χ4v) is 6.28. The summed E-state index contributed by atoms with van der Waals surface area (Å²) in [5.41, 5.74) is -0.594. The van der Waals surface area contributed by atoms with Crippen molar-refractivity contribution >= 4 is 65.1 Å². The Labute approximate surface area is 238 Å². The van der Waals surface area contributed by atoms with E-state index in [1.165, 1.54) is 40.7 Å². The number of nitrogens with one attached hydrogen (secondary N) is 1. The molecular formula is C25H20Br2F3N3O5S. The van der Waals surface area contributed by atoms with Crippen molar-refractivity contribution < 1.29 is 36.3 Å². The van der Waals surface area contributed by atoms with E-state index in [0.717, 1.165) is 12.1 Å². The van der Waals surface area contributed by atoms with Gasteiger partial charge in [-0.15, -0.1) is 0 Å². The monoisotopic (exact) mass is 689 g/mol. The first-order chi connectivity index (χ1) is 18.3. The van der Waals surface area contributed by atoms with E-state index in [-0.39, 0.29) is 47.9 Å². The third-order valence-corrected chi connectivity index (χ3v) is 9.14. The van der Waals surface area contributed by atoms with Gasteiger partial charge in [-0.05, 0) is 70.5 Å². The topological polar surface area (TPSA) is 107 Å². The zero-order valence-electron chi connectivity index (χ0n) is 19.9. The van der Waals surface area contributed by atoms with Gasteiger partial charge in [0.1, 0.15) is 0 Å². The molecule has 1 amide bonds. The van der Waals surface area contributed by atoms with E-state index in [2.05, 4.69) is 37.2 Å². The van der Waals surface area contributed by atoms with Crippen molar-refractivity contribution in [3.8, 4) is 0 Å². The van der Waals surface area contributed by atoms with Gasteiger partial charge in [-0.1, -0.05) is 22.0 Å². The summed E-state index contributed by atoms with van der Waals surface area (Å²) in [4.78, 5) is 26.1. The first-order valence-electron chi connectivity index (χ1n) is 11.3. The molecule has 2 N–H and O–H groups in total. The van der Waals surface area contributed by atoms with E-state index in [9.17, 15) is 36.3 Å². The molecule has 0 radical (unpaired) electrons. The standard InChI is InChI=1S/C25H20Br2F3N3O5S/c26-16-4-7-22(20(13-16)24(35)36)31-23(34)19-14-18(5-6-21(19)27)39(37,38)33-10-8-32(9-11-33)17-3-1-2-15(12-17)25(28,29)30/h1-7,12-14H,8-11H2,(H,31,34)(H,35,36). The van der Waals surface area contributed by atoms with Gasteiger partial charge < -0.3 is 15.3 Å². The number of hydrogen-bond acceptors (Lipinski definition) is 5. The molecule has 1 heterocycles. The molecule has 0 unspecified atom stereocenters. The number of amides is 1. The Morgan fingerprint density at radius 1 is 0.897 bits per heavy atom. The number of sulfonamides is 1. The van der Waals surface area contributed by atoms with Gasteiger partial charge in [-0.25, -0.2) is 13.2 Å². The molecule has 0 spiro atoms. The quantitative estimate of drug-likeness (QED) is 0.344. The van der Waals surface area contributed by atoms with Crippen LogP contribution in [0.25, 0.3) is 0 Å².